The van der Waals surface area contributed by atoms with Crippen molar-refractivity contribution < 1.29 is 5.11 Å². The zero-order valence-corrected chi connectivity index (χ0v) is 13.8. The highest BCUT2D eigenvalue weighted by molar-refractivity contribution is 5.31. The summed E-state index contributed by atoms with van der Waals surface area (Å²) in [6.45, 7) is 5.63. The van der Waals surface area contributed by atoms with E-state index in [1.165, 1.54) is 4.68 Å². The van der Waals surface area contributed by atoms with Gasteiger partial charge in [0.1, 0.15) is 6.10 Å². The van der Waals surface area contributed by atoms with Gasteiger partial charge in [-0.15, -0.1) is 0 Å². The fraction of sp³-hybridized carbons (Fsp3) is 0.158. The van der Waals surface area contributed by atoms with Crippen molar-refractivity contribution in [2.24, 2.45) is 0 Å². The van der Waals surface area contributed by atoms with Crippen molar-refractivity contribution in [3.63, 3.8) is 0 Å². The third-order valence-corrected chi connectivity index (χ3v) is 4.22. The fourth-order valence-corrected chi connectivity index (χ4v) is 2.71. The summed E-state index contributed by atoms with van der Waals surface area (Å²) >= 11 is 0. The van der Waals surface area contributed by atoms with Gasteiger partial charge in [0.15, 0.2) is 0 Å². The Kier molecular flexibility index (Phi) is 4.54. The molecule has 0 saturated carbocycles. The number of aromatic amines is 1. The lowest BCUT2D eigenvalue weighted by Crippen LogP contribution is -2.29. The van der Waals surface area contributed by atoms with E-state index in [-0.39, 0.29) is 0 Å². The molecule has 0 spiro atoms. The molecule has 6 heteroatoms. The Hall–Kier alpha value is -3.12. The number of para-hydroxylation sites is 1. The molecule has 3 rings (SSSR count). The van der Waals surface area contributed by atoms with Gasteiger partial charge in [-0.3, -0.25) is 0 Å². The predicted molar refractivity (Wildman–Crippen MR) is 95.9 cm³/mol. The maximum Gasteiger partial charge on any atom is 0.352 e. The third-order valence-electron chi connectivity index (χ3n) is 4.22. The maximum absolute atomic E-state index is 12.7. The van der Waals surface area contributed by atoms with Crippen LogP contribution in [0.1, 0.15) is 24.6 Å². The highest BCUT2D eigenvalue weighted by Crippen LogP contribution is 2.27. The van der Waals surface area contributed by atoms with Crippen LogP contribution < -0.4 is 11.4 Å². The van der Waals surface area contributed by atoms with E-state index in [1.807, 2.05) is 18.2 Å². The molecule has 2 aromatic carbocycles. The average Bonchev–Trinajstić information content (AvgIpc) is 2.95. The molecule has 6 nitrogen and oxygen atoms in total. The van der Waals surface area contributed by atoms with E-state index in [2.05, 4.69) is 11.7 Å². The minimum absolute atomic E-state index is 0.412. The van der Waals surface area contributed by atoms with Gasteiger partial charge in [0.2, 0.25) is 0 Å². The summed E-state index contributed by atoms with van der Waals surface area (Å²) in [6, 6.07) is 17.1. The number of aromatic nitrogens is 3. The zero-order valence-electron chi connectivity index (χ0n) is 13.8. The van der Waals surface area contributed by atoms with E-state index < -0.39 is 23.5 Å². The molecule has 0 unspecified atom stereocenters. The van der Waals surface area contributed by atoms with Crippen molar-refractivity contribution in [3.8, 4) is 5.69 Å². The van der Waals surface area contributed by atoms with Crippen LogP contribution in [0.25, 0.3) is 5.69 Å². The standard InChI is InChI=1S/C19H19N3O3/c1-13(17(23)15-9-5-3-6-10-15)14(2)22-19(25)21(18(24)20-22)16-11-7-4-8-12-16/h3-12,14,17,23H,1H2,2H3,(H,20,24)/t14-,17-/m1/s1. The normalized spacial score (nSPS) is 13.4. The fourth-order valence-electron chi connectivity index (χ4n) is 2.71. The number of H-pyrrole nitrogens is 1. The SMILES string of the molecule is C=C([C@@H](O)c1ccccc1)[C@@H](C)n1[nH]c(=O)n(-c2ccccc2)c1=O. The number of aliphatic hydroxyl groups excluding tert-OH is 1. The van der Waals surface area contributed by atoms with Crippen LogP contribution in [0.4, 0.5) is 0 Å². The molecule has 2 atom stereocenters. The summed E-state index contributed by atoms with van der Waals surface area (Å²) in [6.07, 6.45) is -0.938. The van der Waals surface area contributed by atoms with Crippen molar-refractivity contribution in [1.29, 1.82) is 0 Å². The molecule has 0 bridgehead atoms. The summed E-state index contributed by atoms with van der Waals surface area (Å²) in [7, 11) is 0. The van der Waals surface area contributed by atoms with E-state index >= 15 is 0 Å². The lowest BCUT2D eigenvalue weighted by atomic mass is 9.98. The summed E-state index contributed by atoms with van der Waals surface area (Å²) in [5.41, 5.74) is 0.524. The van der Waals surface area contributed by atoms with Gasteiger partial charge < -0.3 is 5.11 Å². The molecular formula is C19H19N3O3. The predicted octanol–water partition coefficient (Wildman–Crippen LogP) is 2.18. The van der Waals surface area contributed by atoms with Gasteiger partial charge >= 0.3 is 11.4 Å². The van der Waals surface area contributed by atoms with Gasteiger partial charge in [-0.2, -0.15) is 0 Å². The van der Waals surface area contributed by atoms with Crippen LogP contribution in [0, 0.1) is 0 Å². The molecule has 0 amide bonds. The first-order valence-corrected chi connectivity index (χ1v) is 7.91. The van der Waals surface area contributed by atoms with Gasteiger partial charge in [-0.05, 0) is 30.2 Å². The minimum Gasteiger partial charge on any atom is -0.384 e. The molecule has 0 aliphatic rings. The number of nitrogens with one attached hydrogen (secondary N) is 1. The number of aliphatic hydroxyl groups is 1. The first-order valence-electron chi connectivity index (χ1n) is 7.91. The monoisotopic (exact) mass is 337 g/mol. The molecule has 2 N–H and O–H groups in total. The highest BCUT2D eigenvalue weighted by Gasteiger charge is 2.22. The second-order valence-corrected chi connectivity index (χ2v) is 5.80. The molecule has 1 aromatic heterocycles. The largest absolute Gasteiger partial charge is 0.384 e. The van der Waals surface area contributed by atoms with E-state index in [0.717, 1.165) is 4.57 Å². The molecule has 1 heterocycles. The number of nitrogens with zero attached hydrogens (tertiary/aromatic N) is 2. The van der Waals surface area contributed by atoms with Crippen molar-refractivity contribution in [2.75, 3.05) is 0 Å². The summed E-state index contributed by atoms with van der Waals surface area (Å²) < 4.78 is 2.24. The molecular weight excluding hydrogens is 318 g/mol. The molecule has 25 heavy (non-hydrogen) atoms. The van der Waals surface area contributed by atoms with E-state index in [4.69, 9.17) is 0 Å². The highest BCUT2D eigenvalue weighted by atomic mass is 16.3. The first-order chi connectivity index (χ1) is 12.0. The van der Waals surface area contributed by atoms with E-state index in [9.17, 15) is 14.7 Å². The zero-order chi connectivity index (χ0) is 18.0. The second-order valence-electron chi connectivity index (χ2n) is 5.80. The molecule has 0 aliphatic heterocycles. The second kappa shape index (κ2) is 6.78. The quantitative estimate of drug-likeness (QED) is 0.700. The van der Waals surface area contributed by atoms with Crippen LogP contribution in [-0.4, -0.2) is 19.5 Å². The van der Waals surface area contributed by atoms with Gasteiger partial charge in [-0.25, -0.2) is 23.9 Å². The van der Waals surface area contributed by atoms with Gasteiger partial charge in [0.05, 0.1) is 11.7 Å². The average molecular weight is 337 g/mol. The number of hydrogen-bond acceptors (Lipinski definition) is 3. The van der Waals surface area contributed by atoms with Crippen LogP contribution >= 0.6 is 0 Å². The van der Waals surface area contributed by atoms with Crippen molar-refractivity contribution in [3.05, 3.63) is 99.3 Å². The summed E-state index contributed by atoms with van der Waals surface area (Å²) in [4.78, 5) is 24.9. The topological polar surface area (TPSA) is 80.0 Å². The third kappa shape index (κ3) is 3.12. The molecule has 3 aromatic rings. The lowest BCUT2D eigenvalue weighted by molar-refractivity contribution is 0.201. The summed E-state index contributed by atoms with van der Waals surface area (Å²) in [5, 5.41) is 13.0. The van der Waals surface area contributed by atoms with Gasteiger partial charge in [0.25, 0.3) is 0 Å². The van der Waals surface area contributed by atoms with Crippen molar-refractivity contribution in [1.82, 2.24) is 14.3 Å². The molecule has 0 aliphatic carbocycles. The first kappa shape index (κ1) is 16.7. The van der Waals surface area contributed by atoms with Crippen molar-refractivity contribution >= 4 is 0 Å². The van der Waals surface area contributed by atoms with Gasteiger partial charge in [-0.1, -0.05) is 55.1 Å². The number of rotatable bonds is 5. The smallest absolute Gasteiger partial charge is 0.352 e. The lowest BCUT2D eigenvalue weighted by Gasteiger charge is -2.20. The van der Waals surface area contributed by atoms with E-state index in [0.29, 0.717) is 16.8 Å². The Balaban J connectivity index is 1.96. The summed E-state index contributed by atoms with van der Waals surface area (Å²) in [5.74, 6) is 0. The Morgan fingerprint density at radius 1 is 1.04 bits per heavy atom. The van der Waals surface area contributed by atoms with Crippen LogP contribution in [0.15, 0.2) is 82.4 Å². The molecule has 0 radical (unpaired) electrons. The molecule has 128 valence electrons. The molecule has 0 fully saturated rings. The Morgan fingerprint density at radius 3 is 2.20 bits per heavy atom. The Morgan fingerprint density at radius 2 is 1.60 bits per heavy atom. The number of benzene rings is 2. The van der Waals surface area contributed by atoms with Gasteiger partial charge in [0, 0.05) is 0 Å². The molecule has 0 saturated heterocycles. The minimum atomic E-state index is -0.938. The Labute approximate surface area is 144 Å². The Bertz CT molecular complexity index is 984. The number of hydrogen-bond donors (Lipinski definition) is 2. The van der Waals surface area contributed by atoms with Crippen LogP contribution in [-0.2, 0) is 0 Å². The van der Waals surface area contributed by atoms with Crippen LogP contribution in [0.3, 0.4) is 0 Å². The van der Waals surface area contributed by atoms with Crippen LogP contribution in [0.2, 0.25) is 0 Å². The van der Waals surface area contributed by atoms with Crippen LogP contribution in [0.5, 0.6) is 0 Å². The van der Waals surface area contributed by atoms with E-state index in [1.54, 1.807) is 49.4 Å². The van der Waals surface area contributed by atoms with Crippen molar-refractivity contribution in [2.45, 2.75) is 19.1 Å². The maximum atomic E-state index is 12.7.